The molecule has 1 fully saturated rings. The van der Waals surface area contributed by atoms with E-state index in [0.29, 0.717) is 0 Å². The average Bonchev–Trinajstić information content (AvgIpc) is 2.46. The Labute approximate surface area is 154 Å². The number of aliphatic hydroxyl groups excluding tert-OH is 1. The van der Waals surface area contributed by atoms with Gasteiger partial charge in [-0.25, -0.2) is 0 Å². The van der Waals surface area contributed by atoms with Crippen LogP contribution in [0.4, 0.5) is 0 Å². The van der Waals surface area contributed by atoms with E-state index in [9.17, 15) is 9.66 Å². The van der Waals surface area contributed by atoms with Gasteiger partial charge in [-0.15, -0.1) is 4.72 Å². The molecule has 2 rings (SSSR count). The molecular formula is C19H30ClNO2S. The lowest BCUT2D eigenvalue weighted by Gasteiger charge is -2.49. The molecule has 1 aromatic carbocycles. The van der Waals surface area contributed by atoms with Gasteiger partial charge in [-0.1, -0.05) is 37.1 Å². The zero-order chi connectivity index (χ0) is 18.0. The van der Waals surface area contributed by atoms with Crippen molar-refractivity contribution in [1.29, 1.82) is 0 Å². The summed E-state index contributed by atoms with van der Waals surface area (Å²) in [4.78, 5) is 0. The number of aliphatic hydroxyl groups is 1. The van der Waals surface area contributed by atoms with Gasteiger partial charge in [0.2, 0.25) is 0 Å². The molecule has 0 aromatic heterocycles. The Morgan fingerprint density at radius 3 is 2.29 bits per heavy atom. The zero-order valence-corrected chi connectivity index (χ0v) is 16.7. The Balaban J connectivity index is 2.30. The van der Waals surface area contributed by atoms with Gasteiger partial charge in [0.1, 0.15) is 4.75 Å². The molecule has 0 radical (unpaired) electrons. The predicted molar refractivity (Wildman–Crippen MR) is 103 cm³/mol. The van der Waals surface area contributed by atoms with Crippen molar-refractivity contribution in [1.82, 2.24) is 4.72 Å². The molecule has 0 spiro atoms. The molecule has 0 bridgehead atoms. The van der Waals surface area contributed by atoms with Crippen molar-refractivity contribution in [2.75, 3.05) is 6.61 Å². The standard InChI is InChI=1S/C19H30ClNO2S/c1-14(13-22)12-17(21-24(23)18(2,3)4)19(10-5-11-19)15-6-8-16(20)9-7-15/h6-9,14,17,21-22H,5,10-13H2,1-4H3/t14-,17-,24-/m1/s1. The van der Waals surface area contributed by atoms with Crippen LogP contribution < -0.4 is 4.72 Å². The number of nitrogens with one attached hydrogen (secondary N) is 1. The molecule has 1 aliphatic rings. The van der Waals surface area contributed by atoms with Gasteiger partial charge in [0.25, 0.3) is 0 Å². The van der Waals surface area contributed by atoms with Crippen molar-refractivity contribution >= 4 is 23.0 Å². The highest BCUT2D eigenvalue weighted by molar-refractivity contribution is 7.90. The van der Waals surface area contributed by atoms with Gasteiger partial charge in [0, 0.05) is 28.4 Å². The van der Waals surface area contributed by atoms with Gasteiger partial charge < -0.3 is 9.66 Å². The first-order valence-corrected chi connectivity index (χ1v) is 10.3. The SMILES string of the molecule is C[C@@H](CO)C[C@@H](N[S@+]([O-])C(C)(C)C)C1(c2ccc(Cl)cc2)CCC1. The van der Waals surface area contributed by atoms with Gasteiger partial charge >= 0.3 is 0 Å². The highest BCUT2D eigenvalue weighted by Gasteiger charge is 2.48. The van der Waals surface area contributed by atoms with E-state index in [4.69, 9.17) is 11.6 Å². The van der Waals surface area contributed by atoms with E-state index in [1.54, 1.807) is 0 Å². The average molecular weight is 372 g/mol. The monoisotopic (exact) mass is 371 g/mol. The molecule has 1 aromatic rings. The van der Waals surface area contributed by atoms with E-state index < -0.39 is 11.4 Å². The van der Waals surface area contributed by atoms with E-state index in [1.807, 2.05) is 39.8 Å². The van der Waals surface area contributed by atoms with Crippen molar-refractivity contribution < 1.29 is 9.66 Å². The second kappa shape index (κ2) is 7.96. The summed E-state index contributed by atoms with van der Waals surface area (Å²) in [5, 5.41) is 10.3. The van der Waals surface area contributed by atoms with Crippen LogP contribution in [0.25, 0.3) is 0 Å². The number of halogens is 1. The van der Waals surface area contributed by atoms with E-state index >= 15 is 0 Å². The van der Waals surface area contributed by atoms with Crippen LogP contribution in [0, 0.1) is 5.92 Å². The minimum Gasteiger partial charge on any atom is -0.598 e. The number of benzene rings is 1. The third-order valence-electron chi connectivity index (χ3n) is 5.09. The summed E-state index contributed by atoms with van der Waals surface area (Å²) < 4.78 is 15.8. The van der Waals surface area contributed by atoms with Crippen LogP contribution in [0.1, 0.15) is 58.9 Å². The maximum Gasteiger partial charge on any atom is 0.136 e. The zero-order valence-electron chi connectivity index (χ0n) is 15.1. The number of rotatable bonds is 7. The summed E-state index contributed by atoms with van der Waals surface area (Å²) in [5.74, 6) is 0.171. The third-order valence-corrected chi connectivity index (χ3v) is 6.95. The maximum atomic E-state index is 12.7. The van der Waals surface area contributed by atoms with Crippen LogP contribution in [0.3, 0.4) is 0 Å². The molecule has 136 valence electrons. The van der Waals surface area contributed by atoms with Crippen LogP contribution in [0.5, 0.6) is 0 Å². The number of hydrogen-bond donors (Lipinski definition) is 2. The molecule has 0 amide bonds. The second-order valence-corrected chi connectivity index (χ2v) is 10.5. The molecule has 24 heavy (non-hydrogen) atoms. The summed E-state index contributed by atoms with van der Waals surface area (Å²) in [5.41, 5.74) is 1.24. The van der Waals surface area contributed by atoms with Crippen molar-refractivity contribution in [3.05, 3.63) is 34.9 Å². The van der Waals surface area contributed by atoms with Crippen molar-refractivity contribution in [3.63, 3.8) is 0 Å². The lowest BCUT2D eigenvalue weighted by molar-refractivity contribution is 0.144. The third kappa shape index (κ3) is 4.47. The molecule has 0 aliphatic heterocycles. The van der Waals surface area contributed by atoms with Crippen LogP contribution in [-0.4, -0.2) is 27.1 Å². The quantitative estimate of drug-likeness (QED) is 0.706. The minimum atomic E-state index is -1.14. The molecule has 0 heterocycles. The first kappa shape index (κ1) is 20.1. The fourth-order valence-corrected chi connectivity index (χ4v) is 4.41. The predicted octanol–water partition coefficient (Wildman–Crippen LogP) is 4.20. The van der Waals surface area contributed by atoms with Crippen molar-refractivity contribution in [3.8, 4) is 0 Å². The van der Waals surface area contributed by atoms with Crippen molar-refractivity contribution in [2.24, 2.45) is 5.92 Å². The summed E-state index contributed by atoms with van der Waals surface area (Å²) in [6.07, 6.45) is 4.13. The van der Waals surface area contributed by atoms with E-state index in [1.165, 1.54) is 12.0 Å². The molecule has 0 unspecified atom stereocenters. The lowest BCUT2D eigenvalue weighted by atomic mass is 9.59. The number of hydrogen-bond acceptors (Lipinski definition) is 3. The van der Waals surface area contributed by atoms with Gasteiger partial charge in [0.15, 0.2) is 0 Å². The van der Waals surface area contributed by atoms with E-state index in [-0.39, 0.29) is 28.7 Å². The smallest absolute Gasteiger partial charge is 0.136 e. The molecule has 1 saturated carbocycles. The Morgan fingerprint density at radius 2 is 1.88 bits per heavy atom. The largest absolute Gasteiger partial charge is 0.598 e. The molecular weight excluding hydrogens is 342 g/mol. The van der Waals surface area contributed by atoms with Gasteiger partial charge in [0.05, 0.1) is 6.04 Å². The molecule has 3 atom stereocenters. The Bertz CT molecular complexity index is 525. The molecule has 0 saturated heterocycles. The summed E-state index contributed by atoms with van der Waals surface area (Å²) in [6, 6.07) is 8.14. The van der Waals surface area contributed by atoms with Crippen molar-refractivity contribution in [2.45, 2.75) is 69.6 Å². The van der Waals surface area contributed by atoms with E-state index in [2.05, 4.69) is 16.9 Å². The molecule has 3 nitrogen and oxygen atoms in total. The Kier molecular flexibility index (Phi) is 6.65. The lowest BCUT2D eigenvalue weighted by Crippen LogP contribution is -2.57. The fourth-order valence-electron chi connectivity index (χ4n) is 3.35. The van der Waals surface area contributed by atoms with E-state index in [0.717, 1.165) is 24.3 Å². The van der Waals surface area contributed by atoms with Crippen LogP contribution in [0.2, 0.25) is 5.02 Å². The van der Waals surface area contributed by atoms with Crippen LogP contribution in [0.15, 0.2) is 24.3 Å². The van der Waals surface area contributed by atoms with Gasteiger partial charge in [-0.05, 0) is 63.6 Å². The normalized spacial score (nSPS) is 21.0. The Morgan fingerprint density at radius 1 is 1.29 bits per heavy atom. The second-order valence-electron chi connectivity index (χ2n) is 8.09. The fraction of sp³-hybridized carbons (Fsp3) is 0.684. The summed E-state index contributed by atoms with van der Waals surface area (Å²) in [6.45, 7) is 8.15. The first-order valence-electron chi connectivity index (χ1n) is 8.74. The summed E-state index contributed by atoms with van der Waals surface area (Å²) in [7, 11) is 0. The minimum absolute atomic E-state index is 0.0189. The highest BCUT2D eigenvalue weighted by Crippen LogP contribution is 2.48. The molecule has 5 heteroatoms. The van der Waals surface area contributed by atoms with Crippen LogP contribution in [-0.2, 0) is 16.8 Å². The van der Waals surface area contributed by atoms with Crippen LogP contribution >= 0.6 is 11.6 Å². The van der Waals surface area contributed by atoms with Gasteiger partial charge in [-0.2, -0.15) is 0 Å². The van der Waals surface area contributed by atoms with Gasteiger partial charge in [-0.3, -0.25) is 0 Å². The molecule has 2 N–H and O–H groups in total. The summed E-state index contributed by atoms with van der Waals surface area (Å²) >= 11 is 4.92. The topological polar surface area (TPSA) is 55.3 Å². The Hall–Kier alpha value is -0.260. The maximum absolute atomic E-state index is 12.7. The highest BCUT2D eigenvalue weighted by atomic mass is 35.5. The molecule has 1 aliphatic carbocycles. The first-order chi connectivity index (χ1) is 11.2.